The number of rotatable bonds is 2. The summed E-state index contributed by atoms with van der Waals surface area (Å²) in [5.41, 5.74) is 0.341. The lowest BCUT2D eigenvalue weighted by atomic mass is 9.78. The van der Waals surface area contributed by atoms with E-state index in [9.17, 15) is 9.90 Å². The van der Waals surface area contributed by atoms with Gasteiger partial charge in [-0.25, -0.2) is 9.78 Å². The highest BCUT2D eigenvalue weighted by atomic mass is 16.4. The molecule has 2 fully saturated rings. The molecular formula is C15H20N2O2. The van der Waals surface area contributed by atoms with Crippen LogP contribution in [0.2, 0.25) is 0 Å². The lowest BCUT2D eigenvalue weighted by Gasteiger charge is -2.45. The van der Waals surface area contributed by atoms with E-state index in [0.717, 1.165) is 18.9 Å². The molecule has 1 saturated heterocycles. The molecule has 1 aromatic heterocycles. The lowest BCUT2D eigenvalue weighted by molar-refractivity contribution is 0.0696. The molecule has 0 aromatic carbocycles. The van der Waals surface area contributed by atoms with Crippen molar-refractivity contribution in [2.24, 2.45) is 5.92 Å². The van der Waals surface area contributed by atoms with E-state index in [1.165, 1.54) is 32.1 Å². The van der Waals surface area contributed by atoms with E-state index in [2.05, 4.69) is 9.88 Å². The van der Waals surface area contributed by atoms with Gasteiger partial charge in [-0.1, -0.05) is 12.8 Å². The quantitative estimate of drug-likeness (QED) is 0.888. The molecule has 4 nitrogen and oxygen atoms in total. The molecule has 1 saturated carbocycles. The number of carbonyl (C=O) groups is 1. The predicted molar refractivity (Wildman–Crippen MR) is 73.5 cm³/mol. The summed E-state index contributed by atoms with van der Waals surface area (Å²) in [7, 11) is 0. The van der Waals surface area contributed by atoms with E-state index in [-0.39, 0.29) is 0 Å². The highest BCUT2D eigenvalue weighted by Crippen LogP contribution is 2.37. The Bertz CT molecular complexity index is 473. The molecular weight excluding hydrogens is 240 g/mol. The van der Waals surface area contributed by atoms with Crippen molar-refractivity contribution < 1.29 is 9.90 Å². The first-order chi connectivity index (χ1) is 9.27. The number of carboxylic acids is 1. The van der Waals surface area contributed by atoms with Gasteiger partial charge in [0.2, 0.25) is 0 Å². The number of hydrogen-bond acceptors (Lipinski definition) is 3. The number of nitrogens with zero attached hydrogens (tertiary/aromatic N) is 2. The van der Waals surface area contributed by atoms with Crippen molar-refractivity contribution in [3.05, 3.63) is 23.9 Å². The molecule has 0 spiro atoms. The van der Waals surface area contributed by atoms with E-state index in [1.54, 1.807) is 18.3 Å². The van der Waals surface area contributed by atoms with E-state index in [1.807, 2.05) is 0 Å². The number of pyridine rings is 1. The maximum Gasteiger partial charge on any atom is 0.339 e. The summed E-state index contributed by atoms with van der Waals surface area (Å²) in [5.74, 6) is 0.527. The Morgan fingerprint density at radius 1 is 1.26 bits per heavy atom. The Balaban J connectivity index is 1.94. The van der Waals surface area contributed by atoms with Gasteiger partial charge in [0.25, 0.3) is 0 Å². The molecule has 1 aliphatic carbocycles. The number of anilines is 1. The second-order valence-corrected chi connectivity index (χ2v) is 5.63. The van der Waals surface area contributed by atoms with Gasteiger partial charge in [-0.15, -0.1) is 0 Å². The van der Waals surface area contributed by atoms with Crippen LogP contribution in [0.25, 0.3) is 0 Å². The van der Waals surface area contributed by atoms with Crippen molar-refractivity contribution in [2.45, 2.75) is 44.6 Å². The third-order valence-corrected chi connectivity index (χ3v) is 4.53. The molecule has 2 unspecified atom stereocenters. The lowest BCUT2D eigenvalue weighted by Crippen LogP contribution is -2.47. The number of piperidine rings is 1. The minimum atomic E-state index is -0.874. The van der Waals surface area contributed by atoms with Crippen LogP contribution in [0.4, 0.5) is 5.82 Å². The van der Waals surface area contributed by atoms with Crippen molar-refractivity contribution in [3.63, 3.8) is 0 Å². The Morgan fingerprint density at radius 2 is 2.05 bits per heavy atom. The van der Waals surface area contributed by atoms with Crippen molar-refractivity contribution in [2.75, 3.05) is 11.4 Å². The number of aromatic nitrogens is 1. The van der Waals surface area contributed by atoms with Gasteiger partial charge in [0.1, 0.15) is 11.4 Å². The largest absolute Gasteiger partial charge is 0.478 e. The van der Waals surface area contributed by atoms with Crippen LogP contribution < -0.4 is 4.90 Å². The monoisotopic (exact) mass is 260 g/mol. The van der Waals surface area contributed by atoms with Gasteiger partial charge in [-0.05, 0) is 43.7 Å². The smallest absolute Gasteiger partial charge is 0.339 e. The minimum absolute atomic E-state index is 0.341. The van der Waals surface area contributed by atoms with Gasteiger partial charge in [0.15, 0.2) is 0 Å². The van der Waals surface area contributed by atoms with Gasteiger partial charge in [-0.3, -0.25) is 0 Å². The number of hydrogen-bond donors (Lipinski definition) is 1. The topological polar surface area (TPSA) is 53.4 Å². The first-order valence-electron chi connectivity index (χ1n) is 7.22. The zero-order valence-electron chi connectivity index (χ0n) is 11.1. The van der Waals surface area contributed by atoms with Gasteiger partial charge < -0.3 is 10.0 Å². The number of fused-ring (bicyclic) bond motifs is 1. The van der Waals surface area contributed by atoms with Crippen LogP contribution >= 0.6 is 0 Å². The minimum Gasteiger partial charge on any atom is -0.478 e. The molecule has 0 amide bonds. The highest BCUT2D eigenvalue weighted by molar-refractivity contribution is 5.93. The maximum absolute atomic E-state index is 11.4. The molecule has 2 atom stereocenters. The molecule has 19 heavy (non-hydrogen) atoms. The van der Waals surface area contributed by atoms with E-state index in [4.69, 9.17) is 0 Å². The van der Waals surface area contributed by atoms with E-state index in [0.29, 0.717) is 17.4 Å². The molecule has 2 aliphatic rings. The fourth-order valence-corrected chi connectivity index (χ4v) is 3.68. The Labute approximate surface area is 113 Å². The Kier molecular flexibility index (Phi) is 3.40. The third kappa shape index (κ3) is 2.31. The van der Waals surface area contributed by atoms with Gasteiger partial charge in [0, 0.05) is 18.8 Å². The molecule has 3 rings (SSSR count). The highest BCUT2D eigenvalue weighted by Gasteiger charge is 2.35. The van der Waals surface area contributed by atoms with Gasteiger partial charge in [0.05, 0.1) is 0 Å². The average molecular weight is 260 g/mol. The summed E-state index contributed by atoms with van der Waals surface area (Å²) in [4.78, 5) is 18.0. The maximum atomic E-state index is 11.4. The molecule has 2 heterocycles. The summed E-state index contributed by atoms with van der Waals surface area (Å²) in [6.07, 6.45) is 9.19. The number of carboxylic acid groups (broad SMARTS) is 1. The summed E-state index contributed by atoms with van der Waals surface area (Å²) < 4.78 is 0. The number of aromatic carboxylic acids is 1. The molecule has 1 N–H and O–H groups in total. The fourth-order valence-electron chi connectivity index (χ4n) is 3.68. The van der Waals surface area contributed by atoms with Crippen LogP contribution in [0, 0.1) is 5.92 Å². The molecule has 0 radical (unpaired) electrons. The van der Waals surface area contributed by atoms with Crippen LogP contribution in [0.15, 0.2) is 18.3 Å². The van der Waals surface area contributed by atoms with Gasteiger partial charge >= 0.3 is 5.97 Å². The normalized spacial score (nSPS) is 26.8. The van der Waals surface area contributed by atoms with Crippen LogP contribution in [0.5, 0.6) is 0 Å². The second kappa shape index (κ2) is 5.19. The first kappa shape index (κ1) is 12.5. The van der Waals surface area contributed by atoms with Crippen molar-refractivity contribution >= 4 is 11.8 Å². The summed E-state index contributed by atoms with van der Waals surface area (Å²) >= 11 is 0. The Hall–Kier alpha value is -1.58. The van der Waals surface area contributed by atoms with Crippen molar-refractivity contribution in [1.29, 1.82) is 0 Å². The molecule has 4 heteroatoms. The second-order valence-electron chi connectivity index (χ2n) is 5.63. The molecule has 1 aliphatic heterocycles. The first-order valence-corrected chi connectivity index (χ1v) is 7.22. The van der Waals surface area contributed by atoms with Crippen LogP contribution in [-0.2, 0) is 0 Å². The average Bonchev–Trinajstić information content (AvgIpc) is 2.46. The third-order valence-electron chi connectivity index (χ3n) is 4.53. The zero-order chi connectivity index (χ0) is 13.2. The van der Waals surface area contributed by atoms with Crippen molar-refractivity contribution in [1.82, 2.24) is 4.98 Å². The van der Waals surface area contributed by atoms with E-state index < -0.39 is 5.97 Å². The van der Waals surface area contributed by atoms with Crippen LogP contribution in [-0.4, -0.2) is 28.6 Å². The molecule has 0 bridgehead atoms. The summed E-state index contributed by atoms with van der Waals surface area (Å²) in [5, 5.41) is 9.33. The Morgan fingerprint density at radius 3 is 2.89 bits per heavy atom. The SMILES string of the molecule is O=C(O)c1cccnc1N1CCCC2CCCCC21. The van der Waals surface area contributed by atoms with Crippen molar-refractivity contribution in [3.8, 4) is 0 Å². The molecule has 1 aromatic rings. The van der Waals surface area contributed by atoms with E-state index >= 15 is 0 Å². The van der Waals surface area contributed by atoms with Gasteiger partial charge in [-0.2, -0.15) is 0 Å². The summed E-state index contributed by atoms with van der Waals surface area (Å²) in [6, 6.07) is 3.86. The predicted octanol–water partition coefficient (Wildman–Crippen LogP) is 2.94. The van der Waals surface area contributed by atoms with Crippen LogP contribution in [0.1, 0.15) is 48.9 Å². The summed E-state index contributed by atoms with van der Waals surface area (Å²) in [6.45, 7) is 0.943. The standard InChI is InChI=1S/C15H20N2O2/c18-15(19)12-7-3-9-16-14(12)17-10-4-6-11-5-1-2-8-13(11)17/h3,7,9,11,13H,1-2,4-6,8,10H2,(H,18,19). The van der Waals surface area contributed by atoms with Crippen LogP contribution in [0.3, 0.4) is 0 Å². The molecule has 102 valence electrons. The fraction of sp³-hybridized carbons (Fsp3) is 0.600. The zero-order valence-corrected chi connectivity index (χ0v) is 11.1.